The topological polar surface area (TPSA) is 123 Å². The van der Waals surface area contributed by atoms with E-state index in [0.29, 0.717) is 11.3 Å². The van der Waals surface area contributed by atoms with Gasteiger partial charge in [0, 0.05) is 48.1 Å². The third kappa shape index (κ3) is 8.55. The summed E-state index contributed by atoms with van der Waals surface area (Å²) in [7, 11) is 1.51. The quantitative estimate of drug-likeness (QED) is 0.235. The molecule has 3 amide bonds. The molecule has 0 radical (unpaired) electrons. The number of nitrogens with one attached hydrogen (secondary N) is 1. The van der Waals surface area contributed by atoms with Gasteiger partial charge in [-0.1, -0.05) is 11.6 Å². The number of benzene rings is 1. The zero-order valence-corrected chi connectivity index (χ0v) is 29.5. The second-order valence-corrected chi connectivity index (χ2v) is 14.8. The SMILES string of the molecule is COCCN(Cc1cc(C(=O)Nc2cc(-c3c(F)cc(Cl)cc3C(=O)N3CC(F)(F)C3)cc(C3CC3)n2)c(=O)n(C2CC2)c1)C(=O)OC(C)(C)C. The van der Waals surface area contributed by atoms with Crippen LogP contribution in [0.1, 0.15) is 90.4 Å². The normalized spacial score (nSPS) is 16.7. The summed E-state index contributed by atoms with van der Waals surface area (Å²) in [6.07, 6.45) is 4.15. The van der Waals surface area contributed by atoms with Crippen LogP contribution in [0.25, 0.3) is 11.1 Å². The summed E-state index contributed by atoms with van der Waals surface area (Å²) in [4.78, 5) is 60.8. The number of carbonyl (C=O) groups is 3. The van der Waals surface area contributed by atoms with E-state index in [1.165, 1.54) is 34.8 Å². The van der Waals surface area contributed by atoms with Crippen LogP contribution in [0, 0.1) is 5.82 Å². The number of nitrogens with zero attached hydrogens (tertiary/aromatic N) is 4. The Hall–Kier alpha value is -4.43. The van der Waals surface area contributed by atoms with Crippen molar-refractivity contribution >= 4 is 35.3 Å². The first-order valence-corrected chi connectivity index (χ1v) is 17.1. The number of hydrogen-bond acceptors (Lipinski definition) is 7. The highest BCUT2D eigenvalue weighted by atomic mass is 35.5. The molecule has 3 heterocycles. The molecule has 1 aliphatic heterocycles. The van der Waals surface area contributed by atoms with Crippen LogP contribution in [-0.2, 0) is 16.0 Å². The number of amides is 3. The van der Waals surface area contributed by atoms with Crippen molar-refractivity contribution in [3.8, 4) is 11.1 Å². The minimum Gasteiger partial charge on any atom is -0.444 e. The first-order chi connectivity index (χ1) is 24.0. The van der Waals surface area contributed by atoms with Gasteiger partial charge in [0.05, 0.1) is 31.8 Å². The minimum absolute atomic E-state index is 0.000818. The van der Waals surface area contributed by atoms with E-state index in [-0.39, 0.29) is 64.8 Å². The van der Waals surface area contributed by atoms with Crippen LogP contribution >= 0.6 is 11.6 Å². The second-order valence-electron chi connectivity index (χ2n) is 14.3. The van der Waals surface area contributed by atoms with Gasteiger partial charge in [0.1, 0.15) is 22.8 Å². The maximum Gasteiger partial charge on any atom is 0.410 e. The number of anilines is 1. The van der Waals surface area contributed by atoms with E-state index in [1.807, 2.05) is 0 Å². The number of pyridine rings is 2. The molecule has 0 bridgehead atoms. The fourth-order valence-electron chi connectivity index (χ4n) is 5.91. The number of hydrogen-bond donors (Lipinski definition) is 1. The second kappa shape index (κ2) is 13.9. The van der Waals surface area contributed by atoms with Crippen molar-refractivity contribution in [2.24, 2.45) is 0 Å². The van der Waals surface area contributed by atoms with Crippen molar-refractivity contribution in [2.45, 2.75) is 76.5 Å². The first kappa shape index (κ1) is 36.4. The van der Waals surface area contributed by atoms with Gasteiger partial charge in [-0.2, -0.15) is 0 Å². The molecular formula is C36H39ClF3N5O6. The Balaban J connectivity index is 1.34. The molecule has 2 aromatic heterocycles. The lowest BCUT2D eigenvalue weighted by Gasteiger charge is -2.39. The monoisotopic (exact) mass is 729 g/mol. The summed E-state index contributed by atoms with van der Waals surface area (Å²) in [6, 6.07) is 6.55. The summed E-state index contributed by atoms with van der Waals surface area (Å²) in [5.41, 5.74) is -0.628. The van der Waals surface area contributed by atoms with Gasteiger partial charge < -0.3 is 29.2 Å². The van der Waals surface area contributed by atoms with E-state index in [0.717, 1.165) is 36.6 Å². The molecular weight excluding hydrogens is 691 g/mol. The lowest BCUT2D eigenvalue weighted by atomic mass is 9.96. The van der Waals surface area contributed by atoms with Gasteiger partial charge in [-0.3, -0.25) is 14.4 Å². The van der Waals surface area contributed by atoms with Gasteiger partial charge in [0.25, 0.3) is 23.3 Å². The number of carbonyl (C=O) groups excluding carboxylic acids is 3. The number of aromatic nitrogens is 2. The van der Waals surface area contributed by atoms with Crippen molar-refractivity contribution in [2.75, 3.05) is 38.7 Å². The zero-order chi connectivity index (χ0) is 36.8. The number of ether oxygens (including phenoxy) is 2. The maximum atomic E-state index is 15.7. The number of alkyl halides is 2. The molecule has 1 N–H and O–H groups in total. The highest BCUT2D eigenvalue weighted by molar-refractivity contribution is 6.31. The van der Waals surface area contributed by atoms with E-state index in [2.05, 4.69) is 10.3 Å². The summed E-state index contributed by atoms with van der Waals surface area (Å²) < 4.78 is 55.2. The Morgan fingerprint density at radius 1 is 1.06 bits per heavy atom. The van der Waals surface area contributed by atoms with Crippen LogP contribution in [0.4, 0.5) is 23.8 Å². The van der Waals surface area contributed by atoms with Crippen LogP contribution in [0.5, 0.6) is 0 Å². The molecule has 0 spiro atoms. The lowest BCUT2D eigenvalue weighted by molar-refractivity contribution is -0.113. The van der Waals surface area contributed by atoms with Gasteiger partial charge >= 0.3 is 6.09 Å². The molecule has 3 fully saturated rings. The summed E-state index contributed by atoms with van der Waals surface area (Å²) in [5.74, 6) is -5.46. The van der Waals surface area contributed by atoms with Crippen molar-refractivity contribution in [3.63, 3.8) is 0 Å². The molecule has 0 unspecified atom stereocenters. The first-order valence-electron chi connectivity index (χ1n) is 16.7. The van der Waals surface area contributed by atoms with Crippen LogP contribution in [0.2, 0.25) is 5.02 Å². The van der Waals surface area contributed by atoms with Crippen molar-refractivity contribution < 1.29 is 37.0 Å². The van der Waals surface area contributed by atoms with E-state index in [1.54, 1.807) is 33.0 Å². The van der Waals surface area contributed by atoms with Gasteiger partial charge in [0.15, 0.2) is 0 Å². The largest absolute Gasteiger partial charge is 0.444 e. The Bertz CT molecular complexity index is 1930. The lowest BCUT2D eigenvalue weighted by Crippen LogP contribution is -2.58. The van der Waals surface area contributed by atoms with Crippen LogP contribution in [0.15, 0.2) is 41.3 Å². The molecule has 0 atom stereocenters. The fourth-order valence-corrected chi connectivity index (χ4v) is 6.12. The fraction of sp³-hybridized carbons (Fsp3) is 0.472. The van der Waals surface area contributed by atoms with Gasteiger partial charge in [-0.05, 0) is 87.9 Å². The summed E-state index contributed by atoms with van der Waals surface area (Å²) in [5, 5.41) is 2.60. The predicted molar refractivity (Wildman–Crippen MR) is 183 cm³/mol. The zero-order valence-electron chi connectivity index (χ0n) is 28.7. The summed E-state index contributed by atoms with van der Waals surface area (Å²) >= 11 is 6.11. The van der Waals surface area contributed by atoms with E-state index >= 15 is 4.39 Å². The predicted octanol–water partition coefficient (Wildman–Crippen LogP) is 6.64. The van der Waals surface area contributed by atoms with Crippen molar-refractivity contribution in [1.82, 2.24) is 19.4 Å². The van der Waals surface area contributed by atoms with Crippen molar-refractivity contribution in [3.05, 3.63) is 80.1 Å². The van der Waals surface area contributed by atoms with Gasteiger partial charge in [-0.15, -0.1) is 0 Å². The molecule has 11 nitrogen and oxygen atoms in total. The molecule has 1 saturated heterocycles. The standard InChI is InChI=1S/C36H39ClF3N5O6/c1-35(2,3)51-34(49)43(9-10-50-4)16-20-11-26(33(48)45(17-20)24-7-8-24)31(46)42-29-13-22(12-28(41-29)21-5-6-21)30-25(14-23(37)15-27(30)38)32(47)44-18-36(39,40)19-44/h11-15,17,21,24H,5-10,16,18-19H2,1-4H3,(H,41,42,46). The molecule has 272 valence electrons. The van der Waals surface area contributed by atoms with Gasteiger partial charge in [-0.25, -0.2) is 22.9 Å². The van der Waals surface area contributed by atoms with E-state index in [9.17, 15) is 28.0 Å². The van der Waals surface area contributed by atoms with Gasteiger partial charge in [0.2, 0.25) is 0 Å². The minimum atomic E-state index is -3.03. The molecule has 2 aliphatic carbocycles. The Morgan fingerprint density at radius 3 is 2.37 bits per heavy atom. The molecule has 1 aromatic carbocycles. The highest BCUT2D eigenvalue weighted by Crippen LogP contribution is 2.42. The van der Waals surface area contributed by atoms with Crippen LogP contribution in [-0.4, -0.2) is 82.1 Å². The number of halogens is 4. The molecule has 6 rings (SSSR count). The smallest absolute Gasteiger partial charge is 0.410 e. The average Bonchev–Trinajstić information content (AvgIpc) is 3.94. The number of likely N-dealkylation sites (tertiary alicyclic amines) is 1. The molecule has 15 heteroatoms. The highest BCUT2D eigenvalue weighted by Gasteiger charge is 2.47. The third-order valence-electron chi connectivity index (χ3n) is 8.66. The van der Waals surface area contributed by atoms with E-state index < -0.39 is 53.9 Å². The third-order valence-corrected chi connectivity index (χ3v) is 8.88. The van der Waals surface area contributed by atoms with E-state index in [4.69, 9.17) is 21.1 Å². The number of methoxy groups -OCH3 is 1. The summed E-state index contributed by atoms with van der Waals surface area (Å²) in [6.45, 7) is 4.10. The Morgan fingerprint density at radius 2 is 1.76 bits per heavy atom. The molecule has 51 heavy (non-hydrogen) atoms. The molecule has 3 aliphatic rings. The number of rotatable bonds is 11. The Kier molecular flexibility index (Phi) is 9.94. The average molecular weight is 730 g/mol. The van der Waals surface area contributed by atoms with Crippen LogP contribution in [0.3, 0.4) is 0 Å². The van der Waals surface area contributed by atoms with Crippen LogP contribution < -0.4 is 10.9 Å². The molecule has 2 saturated carbocycles. The Labute approximate surface area is 297 Å². The molecule has 3 aromatic rings. The van der Waals surface area contributed by atoms with Crippen molar-refractivity contribution in [1.29, 1.82) is 0 Å². The maximum absolute atomic E-state index is 15.7.